The van der Waals surface area contributed by atoms with E-state index in [1.54, 1.807) is 0 Å². The summed E-state index contributed by atoms with van der Waals surface area (Å²) in [6, 6.07) is 7.88. The highest BCUT2D eigenvalue weighted by molar-refractivity contribution is 5.92. The second kappa shape index (κ2) is 10.9. The van der Waals surface area contributed by atoms with E-state index < -0.39 is 0 Å². The summed E-state index contributed by atoms with van der Waals surface area (Å²) in [6.07, 6.45) is 0.282. The van der Waals surface area contributed by atoms with Crippen molar-refractivity contribution in [3.63, 3.8) is 0 Å². The van der Waals surface area contributed by atoms with E-state index in [0.29, 0.717) is 12.5 Å². The predicted molar refractivity (Wildman–Crippen MR) is 106 cm³/mol. The first-order valence-corrected chi connectivity index (χ1v) is 9.49. The Balaban J connectivity index is 1.86. The first-order valence-electron chi connectivity index (χ1n) is 9.49. The second-order valence-corrected chi connectivity index (χ2v) is 7.15. The Hall–Kier alpha value is -2.12. The number of hydrogen-bond donors (Lipinski definition) is 1. The van der Waals surface area contributed by atoms with Gasteiger partial charge in [0.25, 0.3) is 0 Å². The first-order chi connectivity index (χ1) is 13.0. The largest absolute Gasteiger partial charge is 0.469 e. The number of anilines is 2. The maximum absolute atomic E-state index is 12.4. The zero-order chi connectivity index (χ0) is 19.6. The molecule has 1 heterocycles. The molecule has 1 aliphatic rings. The van der Waals surface area contributed by atoms with Crippen LogP contribution in [-0.2, 0) is 19.1 Å². The minimum Gasteiger partial charge on any atom is -0.469 e. The molecule has 1 aromatic carbocycles. The highest BCUT2D eigenvalue weighted by atomic mass is 16.5. The molecule has 1 fully saturated rings. The van der Waals surface area contributed by atoms with Crippen LogP contribution in [0.3, 0.4) is 0 Å². The van der Waals surface area contributed by atoms with Crippen LogP contribution in [0.5, 0.6) is 0 Å². The number of morpholine rings is 1. The molecule has 1 aliphatic heterocycles. The zero-order valence-corrected chi connectivity index (χ0v) is 16.6. The van der Waals surface area contributed by atoms with Crippen LogP contribution < -0.4 is 10.2 Å². The molecule has 0 bridgehead atoms. The van der Waals surface area contributed by atoms with Crippen LogP contribution in [0, 0.1) is 5.92 Å². The maximum Gasteiger partial charge on any atom is 0.306 e. The molecule has 150 valence electrons. The summed E-state index contributed by atoms with van der Waals surface area (Å²) >= 11 is 0. The van der Waals surface area contributed by atoms with Crippen LogP contribution in [-0.4, -0.2) is 69.8 Å². The molecular formula is C20H31N3O4. The molecule has 0 unspecified atom stereocenters. The number of amides is 1. The third-order valence-corrected chi connectivity index (χ3v) is 4.38. The Bertz CT molecular complexity index is 598. The van der Waals surface area contributed by atoms with Gasteiger partial charge in [0.15, 0.2) is 0 Å². The summed E-state index contributed by atoms with van der Waals surface area (Å²) in [4.78, 5) is 28.0. The van der Waals surface area contributed by atoms with E-state index in [4.69, 9.17) is 4.74 Å². The van der Waals surface area contributed by atoms with E-state index in [9.17, 15) is 9.59 Å². The van der Waals surface area contributed by atoms with Gasteiger partial charge >= 0.3 is 5.97 Å². The number of carbonyl (C=O) groups is 2. The smallest absolute Gasteiger partial charge is 0.306 e. The van der Waals surface area contributed by atoms with Crippen LogP contribution in [0.4, 0.5) is 11.4 Å². The van der Waals surface area contributed by atoms with E-state index in [2.05, 4.69) is 28.8 Å². The van der Waals surface area contributed by atoms with Crippen molar-refractivity contribution in [2.24, 2.45) is 5.92 Å². The number of benzene rings is 1. The fraction of sp³-hybridized carbons (Fsp3) is 0.600. The van der Waals surface area contributed by atoms with Crippen molar-refractivity contribution in [1.29, 1.82) is 0 Å². The van der Waals surface area contributed by atoms with Crippen molar-refractivity contribution in [2.75, 3.05) is 63.3 Å². The zero-order valence-electron chi connectivity index (χ0n) is 16.6. The van der Waals surface area contributed by atoms with Crippen LogP contribution in [0.25, 0.3) is 0 Å². The molecule has 1 saturated heterocycles. The minimum atomic E-state index is -0.261. The molecule has 7 heteroatoms. The molecule has 0 aliphatic carbocycles. The number of carbonyl (C=O) groups excluding carboxylic acids is 2. The van der Waals surface area contributed by atoms with Crippen LogP contribution in [0.15, 0.2) is 24.3 Å². The Kier molecular flexibility index (Phi) is 8.54. The molecule has 27 heavy (non-hydrogen) atoms. The van der Waals surface area contributed by atoms with E-state index in [0.717, 1.165) is 44.2 Å². The van der Waals surface area contributed by atoms with Crippen LogP contribution in [0.1, 0.15) is 20.3 Å². The lowest BCUT2D eigenvalue weighted by atomic mass is 10.2. The average Bonchev–Trinajstić information content (AvgIpc) is 2.66. The van der Waals surface area contributed by atoms with Crippen molar-refractivity contribution in [1.82, 2.24) is 4.90 Å². The quantitative estimate of drug-likeness (QED) is 0.664. The van der Waals surface area contributed by atoms with E-state index in [1.165, 1.54) is 7.11 Å². The highest BCUT2D eigenvalue weighted by Crippen LogP contribution is 2.19. The SMILES string of the molecule is COC(=O)CCN(CC(=O)Nc1ccc(N2CCOCC2)cc1)CC(C)C. The lowest BCUT2D eigenvalue weighted by Gasteiger charge is -2.29. The van der Waals surface area contributed by atoms with Gasteiger partial charge in [-0.15, -0.1) is 0 Å². The Labute approximate surface area is 161 Å². The molecule has 0 saturated carbocycles. The standard InChI is InChI=1S/C20H31N3O4/c1-16(2)14-22(9-8-20(25)26-3)15-19(24)21-17-4-6-18(7-5-17)23-10-12-27-13-11-23/h4-7,16H,8-15H2,1-3H3,(H,21,24). The van der Waals surface area contributed by atoms with Crippen molar-refractivity contribution in [2.45, 2.75) is 20.3 Å². The minimum absolute atomic E-state index is 0.0837. The summed E-state index contributed by atoms with van der Waals surface area (Å²) in [7, 11) is 1.38. The Morgan fingerprint density at radius 1 is 1.22 bits per heavy atom. The van der Waals surface area contributed by atoms with E-state index >= 15 is 0 Å². The maximum atomic E-state index is 12.4. The summed E-state index contributed by atoms with van der Waals surface area (Å²) in [5, 5.41) is 2.94. The fourth-order valence-electron chi connectivity index (χ4n) is 3.08. The predicted octanol–water partition coefficient (Wildman–Crippen LogP) is 1.98. The normalized spacial score (nSPS) is 14.5. The Morgan fingerprint density at radius 2 is 1.89 bits per heavy atom. The number of nitrogens with zero attached hydrogens (tertiary/aromatic N) is 2. The topological polar surface area (TPSA) is 71.1 Å². The number of esters is 1. The van der Waals surface area contributed by atoms with Crippen LogP contribution in [0.2, 0.25) is 0 Å². The van der Waals surface area contributed by atoms with Gasteiger partial charge < -0.3 is 19.7 Å². The lowest BCUT2D eigenvalue weighted by molar-refractivity contribution is -0.141. The third kappa shape index (κ3) is 7.56. The molecule has 0 atom stereocenters. The van der Waals surface area contributed by atoms with Crippen LogP contribution >= 0.6 is 0 Å². The molecule has 0 spiro atoms. The highest BCUT2D eigenvalue weighted by Gasteiger charge is 2.15. The van der Waals surface area contributed by atoms with Gasteiger partial charge in [-0.3, -0.25) is 14.5 Å². The second-order valence-electron chi connectivity index (χ2n) is 7.15. The molecular weight excluding hydrogens is 346 g/mol. The summed E-state index contributed by atoms with van der Waals surface area (Å²) in [5.41, 5.74) is 1.91. The summed E-state index contributed by atoms with van der Waals surface area (Å²) < 4.78 is 10.1. The number of nitrogens with one attached hydrogen (secondary N) is 1. The number of hydrogen-bond acceptors (Lipinski definition) is 6. The Morgan fingerprint density at radius 3 is 2.48 bits per heavy atom. The first kappa shape index (κ1) is 21.2. The van der Waals surface area contributed by atoms with Crippen molar-refractivity contribution in [3.05, 3.63) is 24.3 Å². The van der Waals surface area contributed by atoms with Gasteiger partial charge in [-0.05, 0) is 30.2 Å². The molecule has 2 rings (SSSR count). The molecule has 1 N–H and O–H groups in total. The van der Waals surface area contributed by atoms with Gasteiger partial charge in [0.05, 0.1) is 33.3 Å². The van der Waals surface area contributed by atoms with Crippen molar-refractivity contribution >= 4 is 23.3 Å². The molecule has 7 nitrogen and oxygen atoms in total. The van der Waals surface area contributed by atoms with Gasteiger partial charge in [0.1, 0.15) is 0 Å². The van der Waals surface area contributed by atoms with Gasteiger partial charge in [-0.25, -0.2) is 0 Å². The molecule has 1 amide bonds. The molecule has 0 radical (unpaired) electrons. The molecule has 1 aromatic rings. The van der Waals surface area contributed by atoms with Gasteiger partial charge in [-0.2, -0.15) is 0 Å². The van der Waals surface area contributed by atoms with Gasteiger partial charge in [0.2, 0.25) is 5.91 Å². The monoisotopic (exact) mass is 377 g/mol. The summed E-state index contributed by atoms with van der Waals surface area (Å²) in [5.74, 6) is 0.0609. The van der Waals surface area contributed by atoms with Gasteiger partial charge in [0, 0.05) is 37.6 Å². The number of rotatable bonds is 9. The third-order valence-electron chi connectivity index (χ3n) is 4.38. The fourth-order valence-corrected chi connectivity index (χ4v) is 3.08. The van der Waals surface area contributed by atoms with Gasteiger partial charge in [-0.1, -0.05) is 13.8 Å². The molecule has 0 aromatic heterocycles. The van der Waals surface area contributed by atoms with E-state index in [-0.39, 0.29) is 24.8 Å². The van der Waals surface area contributed by atoms with E-state index in [1.807, 2.05) is 29.2 Å². The van der Waals surface area contributed by atoms with Crippen molar-refractivity contribution < 1.29 is 19.1 Å². The van der Waals surface area contributed by atoms with Crippen molar-refractivity contribution in [3.8, 4) is 0 Å². The average molecular weight is 377 g/mol. The number of methoxy groups -OCH3 is 1. The lowest BCUT2D eigenvalue weighted by Crippen LogP contribution is -2.37. The number of ether oxygens (including phenoxy) is 2. The summed E-state index contributed by atoms with van der Waals surface area (Å²) in [6.45, 7) is 8.95.